The molecule has 2 aromatic carbocycles. The summed E-state index contributed by atoms with van der Waals surface area (Å²) in [5.74, 6) is 2.45. The highest BCUT2D eigenvalue weighted by Crippen LogP contribution is 2.25. The van der Waals surface area contributed by atoms with Crippen LogP contribution in [-0.4, -0.2) is 43.4 Å². The molecule has 1 aliphatic heterocycles. The summed E-state index contributed by atoms with van der Waals surface area (Å²) in [4.78, 5) is 14.1. The fourth-order valence-electron chi connectivity index (χ4n) is 4.02. The number of piperidine rings is 1. The van der Waals surface area contributed by atoms with Crippen molar-refractivity contribution in [2.45, 2.75) is 58.5 Å². The summed E-state index contributed by atoms with van der Waals surface area (Å²) >= 11 is 0. The molecule has 0 radical (unpaired) electrons. The maximum absolute atomic E-state index is 12.2. The largest absolute Gasteiger partial charge is 0.497 e. The van der Waals surface area contributed by atoms with Gasteiger partial charge in [-0.05, 0) is 88.1 Å². The molecular formula is C27H37NO4. The second-order valence-corrected chi connectivity index (χ2v) is 9.51. The Hall–Kier alpha value is -2.69. The van der Waals surface area contributed by atoms with Crippen molar-refractivity contribution in [3.8, 4) is 11.5 Å². The van der Waals surface area contributed by atoms with E-state index in [-0.39, 0.29) is 6.09 Å². The van der Waals surface area contributed by atoms with E-state index in [9.17, 15) is 4.79 Å². The number of carbonyl (C=O) groups is 1. The highest BCUT2D eigenvalue weighted by Gasteiger charge is 2.26. The van der Waals surface area contributed by atoms with Crippen LogP contribution in [0.15, 0.2) is 48.5 Å². The molecule has 2 aromatic rings. The number of hydrogen-bond donors (Lipinski definition) is 0. The van der Waals surface area contributed by atoms with Gasteiger partial charge in [-0.25, -0.2) is 4.79 Å². The van der Waals surface area contributed by atoms with E-state index < -0.39 is 5.60 Å². The van der Waals surface area contributed by atoms with E-state index in [1.165, 1.54) is 11.1 Å². The Bertz CT molecular complexity index is 866. The number of likely N-dealkylation sites (tertiary alicyclic amines) is 1. The van der Waals surface area contributed by atoms with Gasteiger partial charge in [0.25, 0.3) is 0 Å². The molecule has 1 amide bonds. The molecule has 0 aliphatic carbocycles. The summed E-state index contributed by atoms with van der Waals surface area (Å²) in [6.45, 7) is 7.94. The molecule has 0 N–H and O–H groups in total. The topological polar surface area (TPSA) is 48.0 Å². The molecule has 1 heterocycles. The van der Waals surface area contributed by atoms with Crippen LogP contribution in [0.25, 0.3) is 0 Å². The Morgan fingerprint density at radius 2 is 1.78 bits per heavy atom. The van der Waals surface area contributed by atoms with Crippen LogP contribution < -0.4 is 9.47 Å². The van der Waals surface area contributed by atoms with Gasteiger partial charge in [-0.15, -0.1) is 0 Å². The minimum Gasteiger partial charge on any atom is -0.497 e. The van der Waals surface area contributed by atoms with E-state index in [0.29, 0.717) is 12.5 Å². The van der Waals surface area contributed by atoms with Gasteiger partial charge < -0.3 is 19.1 Å². The van der Waals surface area contributed by atoms with Crippen LogP contribution in [0, 0.1) is 5.92 Å². The lowest BCUT2D eigenvalue weighted by molar-refractivity contribution is 0.0177. The van der Waals surface area contributed by atoms with Crippen LogP contribution in [0.4, 0.5) is 4.79 Å². The molecule has 0 bridgehead atoms. The molecule has 0 saturated carbocycles. The number of aryl methyl sites for hydroxylation is 2. The first-order valence-corrected chi connectivity index (χ1v) is 11.7. The molecule has 1 fully saturated rings. The Kier molecular flexibility index (Phi) is 8.43. The maximum atomic E-state index is 12.2. The lowest BCUT2D eigenvalue weighted by Crippen LogP contribution is -2.41. The van der Waals surface area contributed by atoms with Gasteiger partial charge in [0.05, 0.1) is 13.7 Å². The molecular weight excluding hydrogens is 402 g/mol. The van der Waals surface area contributed by atoms with Crippen LogP contribution in [0.5, 0.6) is 11.5 Å². The van der Waals surface area contributed by atoms with Crippen LogP contribution in [0.3, 0.4) is 0 Å². The third kappa shape index (κ3) is 7.47. The fraction of sp³-hybridized carbons (Fsp3) is 0.519. The number of methoxy groups -OCH3 is 1. The predicted octanol–water partition coefficient (Wildman–Crippen LogP) is 5.90. The Morgan fingerprint density at radius 1 is 1.03 bits per heavy atom. The normalized spacial score (nSPS) is 14.8. The summed E-state index contributed by atoms with van der Waals surface area (Å²) in [5.41, 5.74) is 2.05. The molecule has 1 aliphatic rings. The fourth-order valence-corrected chi connectivity index (χ4v) is 4.02. The van der Waals surface area contributed by atoms with Crippen molar-refractivity contribution < 1.29 is 19.0 Å². The number of nitrogens with zero attached hydrogens (tertiary/aromatic N) is 1. The van der Waals surface area contributed by atoms with Crippen molar-refractivity contribution >= 4 is 6.09 Å². The van der Waals surface area contributed by atoms with Gasteiger partial charge in [0.15, 0.2) is 0 Å². The number of hydrogen-bond acceptors (Lipinski definition) is 4. The number of carbonyl (C=O) groups excluding carboxylic acids is 1. The quantitative estimate of drug-likeness (QED) is 0.514. The molecule has 174 valence electrons. The van der Waals surface area contributed by atoms with E-state index in [4.69, 9.17) is 14.2 Å². The van der Waals surface area contributed by atoms with Gasteiger partial charge in [-0.1, -0.05) is 30.3 Å². The molecule has 1 saturated heterocycles. The first kappa shape index (κ1) is 24.0. The van der Waals surface area contributed by atoms with Gasteiger partial charge in [0.2, 0.25) is 0 Å². The summed E-state index contributed by atoms with van der Waals surface area (Å²) in [6, 6.07) is 16.5. The van der Waals surface area contributed by atoms with Crippen LogP contribution in [0.1, 0.15) is 51.2 Å². The number of ether oxygens (including phenoxy) is 3. The number of para-hydroxylation sites is 1. The maximum Gasteiger partial charge on any atom is 0.410 e. The van der Waals surface area contributed by atoms with Crippen LogP contribution >= 0.6 is 0 Å². The highest BCUT2D eigenvalue weighted by atomic mass is 16.6. The third-order valence-corrected chi connectivity index (χ3v) is 5.84. The van der Waals surface area contributed by atoms with Crippen molar-refractivity contribution in [1.29, 1.82) is 0 Å². The Balaban J connectivity index is 1.43. The third-order valence-electron chi connectivity index (χ3n) is 5.84. The minimum atomic E-state index is -0.443. The van der Waals surface area contributed by atoms with E-state index in [0.717, 1.165) is 56.7 Å². The van der Waals surface area contributed by atoms with E-state index >= 15 is 0 Å². The second-order valence-electron chi connectivity index (χ2n) is 9.51. The zero-order valence-corrected chi connectivity index (χ0v) is 19.9. The summed E-state index contributed by atoms with van der Waals surface area (Å²) < 4.78 is 17.0. The number of rotatable bonds is 8. The van der Waals surface area contributed by atoms with Crippen molar-refractivity contribution in [3.05, 3.63) is 59.7 Å². The number of benzene rings is 2. The number of amides is 1. The first-order chi connectivity index (χ1) is 15.3. The first-order valence-electron chi connectivity index (χ1n) is 11.7. The molecule has 0 atom stereocenters. The summed E-state index contributed by atoms with van der Waals surface area (Å²) in [5, 5.41) is 0. The van der Waals surface area contributed by atoms with Crippen molar-refractivity contribution in [2.75, 3.05) is 26.8 Å². The van der Waals surface area contributed by atoms with Gasteiger partial charge in [0, 0.05) is 13.1 Å². The average molecular weight is 440 g/mol. The Morgan fingerprint density at radius 3 is 2.50 bits per heavy atom. The molecule has 0 aromatic heterocycles. The van der Waals surface area contributed by atoms with Gasteiger partial charge >= 0.3 is 6.09 Å². The molecule has 5 heteroatoms. The molecule has 3 rings (SSSR count). The zero-order chi connectivity index (χ0) is 23.0. The van der Waals surface area contributed by atoms with E-state index in [2.05, 4.69) is 30.3 Å². The molecule has 0 unspecified atom stereocenters. The zero-order valence-electron chi connectivity index (χ0n) is 19.9. The second kappa shape index (κ2) is 11.3. The van der Waals surface area contributed by atoms with Crippen molar-refractivity contribution in [3.63, 3.8) is 0 Å². The SMILES string of the molecule is COc1cccc(CCc2ccccc2OCCC2CCN(C(=O)OC(C)(C)C)CC2)c1. The Labute approximate surface area is 192 Å². The lowest BCUT2D eigenvalue weighted by atomic mass is 9.94. The van der Waals surface area contributed by atoms with Crippen LogP contribution in [0.2, 0.25) is 0 Å². The monoisotopic (exact) mass is 439 g/mol. The van der Waals surface area contributed by atoms with Crippen LogP contribution in [-0.2, 0) is 17.6 Å². The van der Waals surface area contributed by atoms with Gasteiger partial charge in [0.1, 0.15) is 17.1 Å². The van der Waals surface area contributed by atoms with Gasteiger partial charge in [-0.3, -0.25) is 0 Å². The predicted molar refractivity (Wildman–Crippen MR) is 127 cm³/mol. The van der Waals surface area contributed by atoms with Crippen molar-refractivity contribution in [1.82, 2.24) is 4.90 Å². The minimum absolute atomic E-state index is 0.197. The molecule has 0 spiro atoms. The smallest absolute Gasteiger partial charge is 0.410 e. The standard InChI is InChI=1S/C27H37NO4/c1-27(2,3)32-26(29)28-17-14-21(15-18-28)16-19-31-25-11-6-5-9-23(25)13-12-22-8-7-10-24(20-22)30-4/h5-11,20-21H,12-19H2,1-4H3. The van der Waals surface area contributed by atoms with Crippen molar-refractivity contribution in [2.24, 2.45) is 5.92 Å². The molecule has 32 heavy (non-hydrogen) atoms. The summed E-state index contributed by atoms with van der Waals surface area (Å²) in [6.07, 6.45) is 4.68. The highest BCUT2D eigenvalue weighted by molar-refractivity contribution is 5.68. The molecule has 5 nitrogen and oxygen atoms in total. The van der Waals surface area contributed by atoms with E-state index in [1.807, 2.05) is 43.9 Å². The van der Waals surface area contributed by atoms with Gasteiger partial charge in [-0.2, -0.15) is 0 Å². The lowest BCUT2D eigenvalue weighted by Gasteiger charge is -2.33. The average Bonchev–Trinajstić information content (AvgIpc) is 2.78. The van der Waals surface area contributed by atoms with E-state index in [1.54, 1.807) is 7.11 Å². The summed E-state index contributed by atoms with van der Waals surface area (Å²) in [7, 11) is 1.70.